The van der Waals surface area contributed by atoms with Crippen LogP contribution in [-0.4, -0.2) is 63.1 Å². The third-order valence-corrected chi connectivity index (χ3v) is 3.81. The van der Waals surface area contributed by atoms with Gasteiger partial charge in [-0.3, -0.25) is 14.5 Å². The lowest BCUT2D eigenvalue weighted by atomic mass is 10.1. The van der Waals surface area contributed by atoms with E-state index in [1.165, 1.54) is 0 Å². The Morgan fingerprint density at radius 3 is 2.76 bits per heavy atom. The van der Waals surface area contributed by atoms with Crippen molar-refractivity contribution in [2.45, 2.75) is 0 Å². The molecule has 0 unspecified atom stereocenters. The number of anilines is 1. The molecule has 1 fully saturated rings. The number of rotatable bonds is 4. The van der Waals surface area contributed by atoms with Gasteiger partial charge in [0.15, 0.2) is 6.61 Å². The molecule has 3 rings (SSSR count). The fourth-order valence-corrected chi connectivity index (χ4v) is 2.60. The number of morpholine rings is 1. The molecule has 1 saturated heterocycles. The molecule has 2 aliphatic heterocycles. The molecule has 0 bridgehead atoms. The van der Waals surface area contributed by atoms with Gasteiger partial charge in [-0.15, -0.1) is 0 Å². The summed E-state index contributed by atoms with van der Waals surface area (Å²) in [6, 6.07) is 5.15. The van der Waals surface area contributed by atoms with Crippen molar-refractivity contribution in [1.82, 2.24) is 4.90 Å². The smallest absolute Gasteiger partial charge is 0.265 e. The minimum atomic E-state index is -0.0705. The number of nitrogens with zero attached hydrogens (tertiary/aromatic N) is 2. The van der Waals surface area contributed by atoms with Gasteiger partial charge < -0.3 is 14.4 Å². The topological polar surface area (TPSA) is 59.1 Å². The summed E-state index contributed by atoms with van der Waals surface area (Å²) < 4.78 is 10.7. The molecule has 1 amide bonds. The van der Waals surface area contributed by atoms with E-state index < -0.39 is 0 Å². The Balaban J connectivity index is 1.74. The van der Waals surface area contributed by atoms with Crippen LogP contribution >= 0.6 is 0 Å². The molecule has 6 nitrogen and oxygen atoms in total. The minimum Gasteiger partial charge on any atom is -0.482 e. The molecule has 1 aromatic carbocycles. The Bertz CT molecular complexity index is 540. The van der Waals surface area contributed by atoms with Crippen molar-refractivity contribution in [2.24, 2.45) is 0 Å². The van der Waals surface area contributed by atoms with Crippen LogP contribution in [0.1, 0.15) is 10.4 Å². The molecule has 21 heavy (non-hydrogen) atoms. The number of aldehydes is 1. The predicted molar refractivity (Wildman–Crippen MR) is 76.9 cm³/mol. The molecule has 2 aliphatic rings. The lowest BCUT2D eigenvalue weighted by Gasteiger charge is -2.33. The van der Waals surface area contributed by atoms with Gasteiger partial charge in [-0.2, -0.15) is 0 Å². The number of hydrogen-bond acceptors (Lipinski definition) is 5. The van der Waals surface area contributed by atoms with E-state index in [0.29, 0.717) is 23.5 Å². The van der Waals surface area contributed by atoms with Crippen LogP contribution in [0.4, 0.5) is 5.69 Å². The summed E-state index contributed by atoms with van der Waals surface area (Å²) in [5, 5.41) is 0. The summed E-state index contributed by atoms with van der Waals surface area (Å²) in [7, 11) is 0. The zero-order valence-electron chi connectivity index (χ0n) is 11.8. The number of carbonyl (C=O) groups excluding carboxylic acids is 2. The van der Waals surface area contributed by atoms with Gasteiger partial charge in [0.25, 0.3) is 5.91 Å². The largest absolute Gasteiger partial charge is 0.482 e. The van der Waals surface area contributed by atoms with Gasteiger partial charge >= 0.3 is 0 Å². The van der Waals surface area contributed by atoms with Crippen molar-refractivity contribution in [1.29, 1.82) is 0 Å². The van der Waals surface area contributed by atoms with Crippen LogP contribution in [0.15, 0.2) is 18.2 Å². The summed E-state index contributed by atoms with van der Waals surface area (Å²) in [5.41, 5.74) is 1.23. The normalized spacial score (nSPS) is 19.0. The molecule has 1 aromatic rings. The zero-order chi connectivity index (χ0) is 14.7. The van der Waals surface area contributed by atoms with Gasteiger partial charge in [0.1, 0.15) is 12.0 Å². The Morgan fingerprint density at radius 1 is 1.19 bits per heavy atom. The number of fused-ring (bicyclic) bond motifs is 1. The van der Waals surface area contributed by atoms with Crippen molar-refractivity contribution in [3.8, 4) is 5.75 Å². The first-order valence-corrected chi connectivity index (χ1v) is 7.10. The summed E-state index contributed by atoms with van der Waals surface area (Å²) in [6.45, 7) is 4.69. The van der Waals surface area contributed by atoms with Gasteiger partial charge in [-0.1, -0.05) is 0 Å². The van der Waals surface area contributed by atoms with Gasteiger partial charge in [0.05, 0.1) is 18.9 Å². The van der Waals surface area contributed by atoms with Crippen molar-refractivity contribution in [2.75, 3.05) is 50.9 Å². The lowest BCUT2D eigenvalue weighted by molar-refractivity contribution is -0.121. The molecular weight excluding hydrogens is 272 g/mol. The van der Waals surface area contributed by atoms with E-state index in [-0.39, 0.29) is 12.5 Å². The Labute approximate surface area is 123 Å². The van der Waals surface area contributed by atoms with E-state index in [9.17, 15) is 9.59 Å². The van der Waals surface area contributed by atoms with E-state index in [0.717, 1.165) is 39.1 Å². The lowest BCUT2D eigenvalue weighted by Crippen LogP contribution is -2.45. The number of amides is 1. The molecule has 0 atom stereocenters. The van der Waals surface area contributed by atoms with Gasteiger partial charge in [-0.25, -0.2) is 0 Å². The van der Waals surface area contributed by atoms with Crippen molar-refractivity contribution in [3.05, 3.63) is 23.8 Å². The van der Waals surface area contributed by atoms with E-state index in [2.05, 4.69) is 4.90 Å². The second-order valence-corrected chi connectivity index (χ2v) is 5.13. The van der Waals surface area contributed by atoms with Crippen molar-refractivity contribution in [3.63, 3.8) is 0 Å². The van der Waals surface area contributed by atoms with Crippen molar-refractivity contribution < 1.29 is 19.1 Å². The first-order chi connectivity index (χ1) is 10.3. The highest BCUT2D eigenvalue weighted by atomic mass is 16.5. The van der Waals surface area contributed by atoms with Crippen LogP contribution in [0.3, 0.4) is 0 Å². The molecule has 0 spiro atoms. The Kier molecular flexibility index (Phi) is 4.17. The van der Waals surface area contributed by atoms with E-state index in [1.54, 1.807) is 23.1 Å². The maximum absolute atomic E-state index is 12.1. The summed E-state index contributed by atoms with van der Waals surface area (Å²) in [5.74, 6) is 0.584. The second kappa shape index (κ2) is 6.24. The number of benzene rings is 1. The Hall–Kier alpha value is -1.92. The van der Waals surface area contributed by atoms with Gasteiger partial charge in [-0.05, 0) is 18.2 Å². The van der Waals surface area contributed by atoms with Crippen LogP contribution in [-0.2, 0) is 9.53 Å². The molecule has 2 heterocycles. The van der Waals surface area contributed by atoms with E-state index in [4.69, 9.17) is 9.47 Å². The quantitative estimate of drug-likeness (QED) is 0.758. The SMILES string of the molecule is O=Cc1ccc2c(c1)N(CCN1CCOCC1)C(=O)CO2. The average molecular weight is 290 g/mol. The maximum atomic E-state index is 12.1. The highest BCUT2D eigenvalue weighted by Crippen LogP contribution is 2.32. The van der Waals surface area contributed by atoms with Crippen molar-refractivity contribution >= 4 is 17.9 Å². The third kappa shape index (κ3) is 3.06. The number of ether oxygens (including phenoxy) is 2. The maximum Gasteiger partial charge on any atom is 0.265 e. The van der Waals surface area contributed by atoms with Crippen LogP contribution in [0.2, 0.25) is 0 Å². The van der Waals surface area contributed by atoms with Crippen LogP contribution in [0.25, 0.3) is 0 Å². The Morgan fingerprint density at radius 2 is 2.00 bits per heavy atom. The summed E-state index contributed by atoms with van der Waals surface area (Å²) >= 11 is 0. The second-order valence-electron chi connectivity index (χ2n) is 5.13. The highest BCUT2D eigenvalue weighted by Gasteiger charge is 2.26. The molecule has 0 N–H and O–H groups in total. The van der Waals surface area contributed by atoms with E-state index in [1.807, 2.05) is 0 Å². The third-order valence-electron chi connectivity index (χ3n) is 3.81. The van der Waals surface area contributed by atoms with Crippen LogP contribution in [0, 0.1) is 0 Å². The molecule has 112 valence electrons. The minimum absolute atomic E-state index is 0.0521. The number of hydrogen-bond donors (Lipinski definition) is 0. The highest BCUT2D eigenvalue weighted by molar-refractivity contribution is 5.98. The van der Waals surface area contributed by atoms with Crippen LogP contribution in [0.5, 0.6) is 5.75 Å². The fourth-order valence-electron chi connectivity index (χ4n) is 2.60. The molecule has 6 heteroatoms. The molecule has 0 aromatic heterocycles. The van der Waals surface area contributed by atoms with E-state index >= 15 is 0 Å². The van der Waals surface area contributed by atoms with Crippen LogP contribution < -0.4 is 9.64 Å². The van der Waals surface area contributed by atoms with Gasteiger partial charge in [0, 0.05) is 31.7 Å². The predicted octanol–water partition coefficient (Wildman–Crippen LogP) is 0.557. The summed E-state index contributed by atoms with van der Waals surface area (Å²) in [4.78, 5) is 27.0. The fraction of sp³-hybridized carbons (Fsp3) is 0.467. The van der Waals surface area contributed by atoms with Gasteiger partial charge in [0.2, 0.25) is 0 Å². The first kappa shape index (κ1) is 14.0. The molecular formula is C15H18N2O4. The summed E-state index contributed by atoms with van der Waals surface area (Å²) in [6.07, 6.45) is 0.777. The average Bonchev–Trinajstić information content (AvgIpc) is 2.54. The molecule has 0 radical (unpaired) electrons. The first-order valence-electron chi connectivity index (χ1n) is 7.10. The monoisotopic (exact) mass is 290 g/mol. The molecule has 0 saturated carbocycles. The standard InChI is InChI=1S/C15H18N2O4/c18-10-12-1-2-14-13(9-12)17(15(19)11-21-14)4-3-16-5-7-20-8-6-16/h1-2,9-10H,3-8,11H2. The zero-order valence-corrected chi connectivity index (χ0v) is 11.8. The molecule has 0 aliphatic carbocycles. The number of carbonyl (C=O) groups is 2.